The first kappa shape index (κ1) is 7.98. The molecule has 1 N–H and O–H groups in total. The van der Waals surface area contributed by atoms with Crippen LogP contribution in [0.2, 0.25) is 0 Å². The van der Waals surface area contributed by atoms with Gasteiger partial charge in [-0.2, -0.15) is 0 Å². The molecule has 0 saturated carbocycles. The molecule has 3 heteroatoms. The van der Waals surface area contributed by atoms with Crippen molar-refractivity contribution in [3.63, 3.8) is 0 Å². The van der Waals surface area contributed by atoms with Gasteiger partial charge in [-0.1, -0.05) is 6.92 Å². The van der Waals surface area contributed by atoms with Crippen LogP contribution in [-0.4, -0.2) is 30.7 Å². The van der Waals surface area contributed by atoms with Crippen LogP contribution in [-0.2, 0) is 9.47 Å². The first-order valence-electron chi connectivity index (χ1n) is 3.64. The molecule has 3 atom stereocenters. The van der Waals surface area contributed by atoms with E-state index in [1.165, 1.54) is 0 Å². The highest BCUT2D eigenvalue weighted by Gasteiger charge is 2.32. The van der Waals surface area contributed by atoms with Crippen LogP contribution in [0.1, 0.15) is 19.8 Å². The minimum Gasteiger partial charge on any atom is -0.388 e. The Morgan fingerprint density at radius 2 is 2.40 bits per heavy atom. The van der Waals surface area contributed by atoms with Crippen molar-refractivity contribution in [2.24, 2.45) is 0 Å². The van der Waals surface area contributed by atoms with Crippen molar-refractivity contribution < 1.29 is 14.6 Å². The Balaban J connectivity index is 2.36. The third kappa shape index (κ3) is 1.48. The van der Waals surface area contributed by atoms with Gasteiger partial charge in [0.25, 0.3) is 0 Å². The van der Waals surface area contributed by atoms with Crippen molar-refractivity contribution in [2.45, 2.75) is 38.3 Å². The van der Waals surface area contributed by atoms with E-state index in [9.17, 15) is 5.11 Å². The molecule has 1 aliphatic rings. The number of aliphatic hydroxyl groups is 1. The smallest absolute Gasteiger partial charge is 0.183 e. The standard InChI is InChI=1S/C7H14O3/c1-3-5-4-6(8)7(9-2)10-5/h5-8H,3-4H2,1-2H3/t5?,6-,7?/m1/s1. The van der Waals surface area contributed by atoms with Crippen LogP contribution < -0.4 is 0 Å². The van der Waals surface area contributed by atoms with Gasteiger partial charge in [0.05, 0.1) is 6.10 Å². The van der Waals surface area contributed by atoms with Gasteiger partial charge < -0.3 is 14.6 Å². The van der Waals surface area contributed by atoms with Gasteiger partial charge in [0.15, 0.2) is 6.29 Å². The second-order valence-electron chi connectivity index (χ2n) is 2.57. The lowest BCUT2D eigenvalue weighted by molar-refractivity contribution is -0.148. The van der Waals surface area contributed by atoms with Gasteiger partial charge in [-0.3, -0.25) is 0 Å². The number of hydrogen-bond donors (Lipinski definition) is 1. The van der Waals surface area contributed by atoms with Crippen molar-refractivity contribution in [3.8, 4) is 0 Å². The van der Waals surface area contributed by atoms with Gasteiger partial charge in [-0.15, -0.1) is 0 Å². The maximum Gasteiger partial charge on any atom is 0.183 e. The van der Waals surface area contributed by atoms with Crippen LogP contribution in [0.4, 0.5) is 0 Å². The topological polar surface area (TPSA) is 38.7 Å². The summed E-state index contributed by atoms with van der Waals surface area (Å²) in [6.07, 6.45) is 0.992. The van der Waals surface area contributed by atoms with Crippen molar-refractivity contribution in [2.75, 3.05) is 7.11 Å². The monoisotopic (exact) mass is 146 g/mol. The van der Waals surface area contributed by atoms with Crippen LogP contribution in [0.15, 0.2) is 0 Å². The van der Waals surface area contributed by atoms with E-state index in [0.717, 1.165) is 6.42 Å². The van der Waals surface area contributed by atoms with Gasteiger partial charge in [-0.25, -0.2) is 0 Å². The maximum atomic E-state index is 9.24. The van der Waals surface area contributed by atoms with Crippen molar-refractivity contribution in [1.82, 2.24) is 0 Å². The Morgan fingerprint density at radius 1 is 1.70 bits per heavy atom. The van der Waals surface area contributed by atoms with Crippen molar-refractivity contribution in [1.29, 1.82) is 0 Å². The summed E-state index contributed by atoms with van der Waals surface area (Å²) in [7, 11) is 1.55. The fourth-order valence-corrected chi connectivity index (χ4v) is 1.19. The zero-order valence-corrected chi connectivity index (χ0v) is 6.41. The Hall–Kier alpha value is -0.120. The molecule has 1 aliphatic heterocycles. The van der Waals surface area contributed by atoms with E-state index in [-0.39, 0.29) is 6.10 Å². The zero-order valence-electron chi connectivity index (χ0n) is 6.41. The molecular formula is C7H14O3. The summed E-state index contributed by atoms with van der Waals surface area (Å²) >= 11 is 0. The van der Waals surface area contributed by atoms with E-state index in [1.54, 1.807) is 7.11 Å². The van der Waals surface area contributed by atoms with Crippen LogP contribution in [0.5, 0.6) is 0 Å². The second-order valence-corrected chi connectivity index (χ2v) is 2.57. The average Bonchev–Trinajstić information content (AvgIpc) is 2.30. The molecule has 0 spiro atoms. The van der Waals surface area contributed by atoms with Gasteiger partial charge in [0, 0.05) is 13.5 Å². The molecule has 1 rings (SSSR count). The molecule has 0 aliphatic carbocycles. The summed E-state index contributed by atoms with van der Waals surface area (Å²) in [5, 5.41) is 9.24. The zero-order chi connectivity index (χ0) is 7.56. The highest BCUT2D eigenvalue weighted by Crippen LogP contribution is 2.22. The van der Waals surface area contributed by atoms with Gasteiger partial charge in [0.2, 0.25) is 0 Å². The predicted molar refractivity (Wildman–Crippen MR) is 36.6 cm³/mol. The summed E-state index contributed by atoms with van der Waals surface area (Å²) in [5.41, 5.74) is 0. The SMILES string of the molecule is CCC1C[C@@H](O)C(OC)O1. The lowest BCUT2D eigenvalue weighted by Gasteiger charge is -2.11. The molecule has 0 bridgehead atoms. The summed E-state index contributed by atoms with van der Waals surface area (Å²) < 4.78 is 10.2. The van der Waals surface area contributed by atoms with Gasteiger partial charge in [0.1, 0.15) is 6.10 Å². The van der Waals surface area contributed by atoms with E-state index < -0.39 is 12.4 Å². The molecule has 60 valence electrons. The van der Waals surface area contributed by atoms with E-state index >= 15 is 0 Å². The lowest BCUT2D eigenvalue weighted by Crippen LogP contribution is -2.22. The average molecular weight is 146 g/mol. The van der Waals surface area contributed by atoms with Crippen LogP contribution >= 0.6 is 0 Å². The number of ether oxygens (including phenoxy) is 2. The van der Waals surface area contributed by atoms with Crippen molar-refractivity contribution in [3.05, 3.63) is 0 Å². The minimum absolute atomic E-state index is 0.181. The molecule has 0 amide bonds. The number of aliphatic hydroxyl groups excluding tert-OH is 1. The number of rotatable bonds is 2. The third-order valence-electron chi connectivity index (χ3n) is 1.83. The quantitative estimate of drug-likeness (QED) is 0.617. The summed E-state index contributed by atoms with van der Waals surface area (Å²) in [4.78, 5) is 0. The molecule has 0 radical (unpaired) electrons. The molecular weight excluding hydrogens is 132 g/mol. The Labute approximate surface area is 60.9 Å². The molecule has 1 fully saturated rings. The largest absolute Gasteiger partial charge is 0.388 e. The molecule has 0 aromatic rings. The molecule has 10 heavy (non-hydrogen) atoms. The van der Waals surface area contributed by atoms with Crippen LogP contribution in [0.25, 0.3) is 0 Å². The third-order valence-corrected chi connectivity index (χ3v) is 1.83. The fourth-order valence-electron chi connectivity index (χ4n) is 1.19. The molecule has 1 saturated heterocycles. The first-order chi connectivity index (χ1) is 4.77. The minimum atomic E-state index is -0.435. The maximum absolute atomic E-state index is 9.24. The second kappa shape index (κ2) is 3.32. The Morgan fingerprint density at radius 3 is 2.70 bits per heavy atom. The number of methoxy groups -OCH3 is 1. The van der Waals surface area contributed by atoms with Crippen LogP contribution in [0, 0.1) is 0 Å². The van der Waals surface area contributed by atoms with E-state index in [0.29, 0.717) is 6.42 Å². The predicted octanol–water partition coefficient (Wildman–Crippen LogP) is 0.519. The molecule has 2 unspecified atom stereocenters. The lowest BCUT2D eigenvalue weighted by atomic mass is 10.2. The first-order valence-corrected chi connectivity index (χ1v) is 3.64. The van der Waals surface area contributed by atoms with Crippen LogP contribution in [0.3, 0.4) is 0 Å². The fraction of sp³-hybridized carbons (Fsp3) is 1.00. The van der Waals surface area contributed by atoms with Crippen molar-refractivity contribution >= 4 is 0 Å². The Kier molecular flexibility index (Phi) is 2.65. The van der Waals surface area contributed by atoms with E-state index in [2.05, 4.69) is 0 Å². The highest BCUT2D eigenvalue weighted by atomic mass is 16.7. The molecule has 0 aromatic carbocycles. The molecule has 0 aromatic heterocycles. The number of hydrogen-bond acceptors (Lipinski definition) is 3. The summed E-state index contributed by atoms with van der Waals surface area (Å²) in [6.45, 7) is 2.04. The van der Waals surface area contributed by atoms with Gasteiger partial charge >= 0.3 is 0 Å². The van der Waals surface area contributed by atoms with Gasteiger partial charge in [-0.05, 0) is 6.42 Å². The molecule has 3 nitrogen and oxygen atoms in total. The summed E-state index contributed by atoms with van der Waals surface area (Å²) in [6, 6.07) is 0. The highest BCUT2D eigenvalue weighted by molar-refractivity contribution is 4.75. The van der Waals surface area contributed by atoms with E-state index in [4.69, 9.17) is 9.47 Å². The normalized spacial score (nSPS) is 40.5. The van der Waals surface area contributed by atoms with E-state index in [1.807, 2.05) is 6.92 Å². The summed E-state index contributed by atoms with van der Waals surface area (Å²) in [5.74, 6) is 0. The molecule has 1 heterocycles. The Bertz CT molecular complexity index is 105.